The van der Waals surface area contributed by atoms with Crippen molar-refractivity contribution in [1.82, 2.24) is 4.98 Å². The minimum atomic E-state index is 0.0309. The smallest absolute Gasteiger partial charge is 0.169 e. The van der Waals surface area contributed by atoms with Gasteiger partial charge in [0, 0.05) is 23.4 Å². The molecule has 2 rings (SSSR count). The Morgan fingerprint density at radius 2 is 1.84 bits per heavy atom. The number of nitrogens with zero attached hydrogens (tertiary/aromatic N) is 1. The number of aromatic nitrogens is 1. The fraction of sp³-hybridized carbons (Fsp3) is 0.200. The molecular formula is C15H13Cl2NO. The highest BCUT2D eigenvalue weighted by Crippen LogP contribution is 2.23. The van der Waals surface area contributed by atoms with E-state index in [1.54, 1.807) is 12.1 Å². The molecular weight excluding hydrogens is 281 g/mol. The van der Waals surface area contributed by atoms with Gasteiger partial charge >= 0.3 is 0 Å². The molecule has 1 heterocycles. The van der Waals surface area contributed by atoms with Gasteiger partial charge in [-0.2, -0.15) is 0 Å². The molecule has 0 aliphatic carbocycles. The summed E-state index contributed by atoms with van der Waals surface area (Å²) >= 11 is 11.8. The standard InChI is InChI=1S/C15H13Cl2NO/c1-9-3-5-12(10(2)18-9)15(19)8-11-4-6-13(16)14(17)7-11/h3-7H,8H2,1-2H3. The van der Waals surface area contributed by atoms with E-state index in [0.717, 1.165) is 17.0 Å². The van der Waals surface area contributed by atoms with Crippen LogP contribution in [0.1, 0.15) is 27.3 Å². The minimum Gasteiger partial charge on any atom is -0.294 e. The van der Waals surface area contributed by atoms with Gasteiger partial charge in [-0.3, -0.25) is 9.78 Å². The van der Waals surface area contributed by atoms with E-state index in [1.165, 1.54) is 0 Å². The lowest BCUT2D eigenvalue weighted by Gasteiger charge is -2.06. The molecule has 0 unspecified atom stereocenters. The van der Waals surface area contributed by atoms with E-state index < -0.39 is 0 Å². The molecule has 1 aromatic carbocycles. The van der Waals surface area contributed by atoms with Crippen molar-refractivity contribution in [1.29, 1.82) is 0 Å². The van der Waals surface area contributed by atoms with Gasteiger partial charge in [-0.1, -0.05) is 29.3 Å². The molecule has 0 fully saturated rings. The molecule has 0 saturated heterocycles. The van der Waals surface area contributed by atoms with Gasteiger partial charge in [0.15, 0.2) is 5.78 Å². The van der Waals surface area contributed by atoms with Gasteiger partial charge in [-0.15, -0.1) is 0 Å². The van der Waals surface area contributed by atoms with Crippen molar-refractivity contribution in [2.45, 2.75) is 20.3 Å². The molecule has 0 aliphatic rings. The molecule has 19 heavy (non-hydrogen) atoms. The number of halogens is 2. The number of carbonyl (C=O) groups excluding carboxylic acids is 1. The molecule has 2 nitrogen and oxygen atoms in total. The van der Waals surface area contributed by atoms with E-state index >= 15 is 0 Å². The van der Waals surface area contributed by atoms with Crippen LogP contribution in [0.25, 0.3) is 0 Å². The van der Waals surface area contributed by atoms with Gasteiger partial charge in [0.25, 0.3) is 0 Å². The van der Waals surface area contributed by atoms with Gasteiger partial charge in [0.2, 0.25) is 0 Å². The second-order valence-electron chi connectivity index (χ2n) is 4.43. The minimum absolute atomic E-state index is 0.0309. The predicted molar refractivity (Wildman–Crippen MR) is 78.2 cm³/mol. The predicted octanol–water partition coefficient (Wildman–Crippen LogP) is 4.43. The molecule has 0 radical (unpaired) electrons. The number of pyridine rings is 1. The Labute approximate surface area is 122 Å². The van der Waals surface area contributed by atoms with Crippen LogP contribution in [0.15, 0.2) is 30.3 Å². The van der Waals surface area contributed by atoms with Crippen LogP contribution in [0.2, 0.25) is 10.0 Å². The van der Waals surface area contributed by atoms with E-state index in [0.29, 0.717) is 22.0 Å². The summed E-state index contributed by atoms with van der Waals surface area (Å²) in [6.07, 6.45) is 0.294. The van der Waals surface area contributed by atoms with Crippen molar-refractivity contribution >= 4 is 29.0 Å². The third-order valence-corrected chi connectivity index (χ3v) is 3.61. The summed E-state index contributed by atoms with van der Waals surface area (Å²) < 4.78 is 0. The van der Waals surface area contributed by atoms with Gasteiger partial charge in [0.05, 0.1) is 10.0 Å². The van der Waals surface area contributed by atoms with Gasteiger partial charge < -0.3 is 0 Å². The summed E-state index contributed by atoms with van der Waals surface area (Å²) in [4.78, 5) is 16.5. The highest BCUT2D eigenvalue weighted by molar-refractivity contribution is 6.42. The second-order valence-corrected chi connectivity index (χ2v) is 5.25. The summed E-state index contributed by atoms with van der Waals surface area (Å²) in [5.74, 6) is 0.0309. The van der Waals surface area contributed by atoms with Gasteiger partial charge in [-0.25, -0.2) is 0 Å². The average molecular weight is 294 g/mol. The molecule has 0 spiro atoms. The van der Waals surface area contributed by atoms with Crippen molar-refractivity contribution in [2.24, 2.45) is 0 Å². The summed E-state index contributed by atoms with van der Waals surface area (Å²) in [7, 11) is 0. The highest BCUT2D eigenvalue weighted by atomic mass is 35.5. The topological polar surface area (TPSA) is 30.0 Å². The van der Waals surface area contributed by atoms with Crippen molar-refractivity contribution < 1.29 is 4.79 Å². The summed E-state index contributed by atoms with van der Waals surface area (Å²) in [5.41, 5.74) is 3.16. The fourth-order valence-corrected chi connectivity index (χ4v) is 2.23. The molecule has 4 heteroatoms. The second kappa shape index (κ2) is 5.72. The largest absolute Gasteiger partial charge is 0.294 e. The zero-order chi connectivity index (χ0) is 14.0. The van der Waals surface area contributed by atoms with Crippen molar-refractivity contribution in [3.8, 4) is 0 Å². The van der Waals surface area contributed by atoms with Crippen LogP contribution in [0, 0.1) is 13.8 Å². The normalized spacial score (nSPS) is 10.5. The van der Waals surface area contributed by atoms with E-state index in [1.807, 2.05) is 32.0 Å². The molecule has 0 N–H and O–H groups in total. The first-order valence-electron chi connectivity index (χ1n) is 5.89. The molecule has 0 bridgehead atoms. The van der Waals surface area contributed by atoms with Crippen LogP contribution in [0.5, 0.6) is 0 Å². The van der Waals surface area contributed by atoms with E-state index in [-0.39, 0.29) is 5.78 Å². The Morgan fingerprint density at radius 1 is 1.11 bits per heavy atom. The quantitative estimate of drug-likeness (QED) is 0.784. The van der Waals surface area contributed by atoms with Crippen LogP contribution >= 0.6 is 23.2 Å². The number of hydrogen-bond donors (Lipinski definition) is 0. The van der Waals surface area contributed by atoms with E-state index in [9.17, 15) is 4.79 Å². The molecule has 1 aromatic heterocycles. The first-order chi connectivity index (χ1) is 8.97. The number of benzene rings is 1. The Kier molecular flexibility index (Phi) is 4.23. The molecule has 98 valence electrons. The summed E-state index contributed by atoms with van der Waals surface area (Å²) in [6, 6.07) is 8.89. The average Bonchev–Trinajstić information content (AvgIpc) is 2.33. The Morgan fingerprint density at radius 3 is 2.47 bits per heavy atom. The number of Topliss-reactive ketones (excluding diaryl/α,β-unsaturated/α-hetero) is 1. The van der Waals surface area contributed by atoms with Crippen LogP contribution in [0.3, 0.4) is 0 Å². The maximum absolute atomic E-state index is 12.2. The molecule has 2 aromatic rings. The summed E-state index contributed by atoms with van der Waals surface area (Å²) in [5, 5.41) is 0.955. The molecule has 0 aliphatic heterocycles. The summed E-state index contributed by atoms with van der Waals surface area (Å²) in [6.45, 7) is 3.75. The molecule has 0 saturated carbocycles. The Hall–Kier alpha value is -1.38. The highest BCUT2D eigenvalue weighted by Gasteiger charge is 2.11. The Bertz CT molecular complexity index is 638. The Balaban J connectivity index is 2.23. The van der Waals surface area contributed by atoms with Crippen molar-refractivity contribution in [3.63, 3.8) is 0 Å². The number of carbonyl (C=O) groups is 1. The van der Waals surface area contributed by atoms with Crippen LogP contribution in [-0.4, -0.2) is 10.8 Å². The zero-order valence-electron chi connectivity index (χ0n) is 10.7. The van der Waals surface area contributed by atoms with Gasteiger partial charge in [0.1, 0.15) is 0 Å². The maximum atomic E-state index is 12.2. The maximum Gasteiger partial charge on any atom is 0.169 e. The molecule has 0 amide bonds. The van der Waals surface area contributed by atoms with Gasteiger partial charge in [-0.05, 0) is 43.7 Å². The van der Waals surface area contributed by atoms with Crippen LogP contribution < -0.4 is 0 Å². The lowest BCUT2D eigenvalue weighted by Crippen LogP contribution is -2.07. The first-order valence-corrected chi connectivity index (χ1v) is 6.64. The van der Waals surface area contributed by atoms with E-state index in [2.05, 4.69) is 4.98 Å². The van der Waals surface area contributed by atoms with Crippen LogP contribution in [-0.2, 0) is 6.42 Å². The zero-order valence-corrected chi connectivity index (χ0v) is 12.2. The SMILES string of the molecule is Cc1ccc(C(=O)Cc2ccc(Cl)c(Cl)c2)c(C)n1. The third-order valence-electron chi connectivity index (χ3n) is 2.87. The van der Waals surface area contributed by atoms with Crippen molar-refractivity contribution in [2.75, 3.05) is 0 Å². The monoisotopic (exact) mass is 293 g/mol. The van der Waals surface area contributed by atoms with Crippen LogP contribution in [0.4, 0.5) is 0 Å². The van der Waals surface area contributed by atoms with E-state index in [4.69, 9.17) is 23.2 Å². The number of aryl methyl sites for hydroxylation is 2. The fourth-order valence-electron chi connectivity index (χ4n) is 1.91. The molecule has 0 atom stereocenters. The number of rotatable bonds is 3. The lowest BCUT2D eigenvalue weighted by molar-refractivity contribution is 0.0992. The third kappa shape index (κ3) is 3.34. The number of ketones is 1. The number of hydrogen-bond acceptors (Lipinski definition) is 2. The first kappa shape index (κ1) is 14.0. The lowest BCUT2D eigenvalue weighted by atomic mass is 10.0. The van der Waals surface area contributed by atoms with Crippen molar-refractivity contribution in [3.05, 3.63) is 62.9 Å².